The van der Waals surface area contributed by atoms with Crippen LogP contribution >= 0.6 is 15.9 Å². The fraction of sp³-hybridized carbons (Fsp3) is 0.875. The number of rotatable bonds is 2. The lowest BCUT2D eigenvalue weighted by Gasteiger charge is -2.10. The van der Waals surface area contributed by atoms with E-state index in [0.717, 1.165) is 18.8 Å². The zero-order chi connectivity index (χ0) is 8.27. The SMILES string of the molecule is CC1CCC(NC(=O)CBr)C1. The Morgan fingerprint density at radius 2 is 2.36 bits per heavy atom. The number of carbonyl (C=O) groups excluding carboxylic acids is 1. The highest BCUT2D eigenvalue weighted by atomic mass is 79.9. The summed E-state index contributed by atoms with van der Waals surface area (Å²) in [5.74, 6) is 0.903. The van der Waals surface area contributed by atoms with Gasteiger partial charge < -0.3 is 5.32 Å². The number of alkyl halides is 1. The molecule has 1 amide bonds. The van der Waals surface area contributed by atoms with Crippen molar-refractivity contribution in [3.8, 4) is 0 Å². The molecule has 1 fully saturated rings. The lowest BCUT2D eigenvalue weighted by atomic mass is 10.1. The van der Waals surface area contributed by atoms with Crippen LogP contribution in [0.4, 0.5) is 0 Å². The predicted octanol–water partition coefficient (Wildman–Crippen LogP) is 1.69. The van der Waals surface area contributed by atoms with Crippen LogP contribution in [0.5, 0.6) is 0 Å². The first-order valence-electron chi connectivity index (χ1n) is 4.07. The van der Waals surface area contributed by atoms with Gasteiger partial charge in [-0.25, -0.2) is 0 Å². The molecule has 0 radical (unpaired) electrons. The van der Waals surface area contributed by atoms with Crippen molar-refractivity contribution >= 4 is 21.8 Å². The third-order valence-corrected chi connectivity index (χ3v) is 2.69. The van der Waals surface area contributed by atoms with E-state index in [1.165, 1.54) is 6.42 Å². The van der Waals surface area contributed by atoms with Crippen molar-refractivity contribution in [1.29, 1.82) is 0 Å². The summed E-state index contributed by atoms with van der Waals surface area (Å²) in [4.78, 5) is 10.9. The van der Waals surface area contributed by atoms with Crippen LogP contribution in [0.3, 0.4) is 0 Å². The first-order valence-corrected chi connectivity index (χ1v) is 5.20. The summed E-state index contributed by atoms with van der Waals surface area (Å²) in [6.45, 7) is 2.24. The Balaban J connectivity index is 2.23. The summed E-state index contributed by atoms with van der Waals surface area (Å²) < 4.78 is 0. The van der Waals surface area contributed by atoms with Crippen LogP contribution in [0.25, 0.3) is 0 Å². The maximum absolute atomic E-state index is 10.9. The van der Waals surface area contributed by atoms with E-state index in [1.54, 1.807) is 0 Å². The van der Waals surface area contributed by atoms with Crippen molar-refractivity contribution in [2.75, 3.05) is 5.33 Å². The summed E-state index contributed by atoms with van der Waals surface area (Å²) in [5, 5.41) is 3.40. The van der Waals surface area contributed by atoms with Gasteiger partial charge in [-0.3, -0.25) is 4.79 Å². The number of hydrogen-bond acceptors (Lipinski definition) is 1. The Morgan fingerprint density at radius 1 is 1.64 bits per heavy atom. The second-order valence-corrected chi connectivity index (χ2v) is 3.88. The fourth-order valence-electron chi connectivity index (χ4n) is 1.60. The Bertz CT molecular complexity index is 149. The molecule has 1 N–H and O–H groups in total. The molecule has 1 saturated carbocycles. The molecular formula is C8H14BrNO. The number of carbonyl (C=O) groups is 1. The first-order chi connectivity index (χ1) is 5.22. The smallest absolute Gasteiger partial charge is 0.230 e. The molecular weight excluding hydrogens is 206 g/mol. The molecule has 1 aliphatic rings. The van der Waals surface area contributed by atoms with Crippen LogP contribution in [0.15, 0.2) is 0 Å². The number of halogens is 1. The van der Waals surface area contributed by atoms with Gasteiger partial charge in [-0.15, -0.1) is 0 Å². The average molecular weight is 220 g/mol. The summed E-state index contributed by atoms with van der Waals surface area (Å²) in [5.41, 5.74) is 0. The highest BCUT2D eigenvalue weighted by Gasteiger charge is 2.21. The van der Waals surface area contributed by atoms with E-state index in [1.807, 2.05) is 0 Å². The van der Waals surface area contributed by atoms with Crippen molar-refractivity contribution in [2.45, 2.75) is 32.2 Å². The normalized spacial score (nSPS) is 30.4. The third-order valence-electron chi connectivity index (χ3n) is 2.18. The average Bonchev–Trinajstić information content (AvgIpc) is 2.35. The highest BCUT2D eigenvalue weighted by molar-refractivity contribution is 9.09. The molecule has 0 aliphatic heterocycles. The van der Waals surface area contributed by atoms with E-state index < -0.39 is 0 Å². The highest BCUT2D eigenvalue weighted by Crippen LogP contribution is 2.24. The van der Waals surface area contributed by atoms with Gasteiger partial charge >= 0.3 is 0 Å². The fourth-order valence-corrected chi connectivity index (χ4v) is 1.77. The monoisotopic (exact) mass is 219 g/mol. The van der Waals surface area contributed by atoms with E-state index in [4.69, 9.17) is 0 Å². The summed E-state index contributed by atoms with van der Waals surface area (Å²) in [6.07, 6.45) is 3.56. The van der Waals surface area contributed by atoms with Gasteiger partial charge in [0.15, 0.2) is 0 Å². The molecule has 3 heteroatoms. The van der Waals surface area contributed by atoms with Crippen molar-refractivity contribution in [2.24, 2.45) is 5.92 Å². The van der Waals surface area contributed by atoms with Crippen LogP contribution in [0.2, 0.25) is 0 Å². The molecule has 2 unspecified atom stereocenters. The lowest BCUT2D eigenvalue weighted by Crippen LogP contribution is -2.33. The minimum absolute atomic E-state index is 0.115. The van der Waals surface area contributed by atoms with Crippen LogP contribution < -0.4 is 5.32 Å². The van der Waals surface area contributed by atoms with E-state index in [9.17, 15) is 4.79 Å². The first kappa shape index (κ1) is 9.04. The molecule has 2 atom stereocenters. The van der Waals surface area contributed by atoms with E-state index in [2.05, 4.69) is 28.2 Å². The predicted molar refractivity (Wildman–Crippen MR) is 48.7 cm³/mol. The van der Waals surface area contributed by atoms with Crippen LogP contribution in [-0.4, -0.2) is 17.3 Å². The molecule has 0 bridgehead atoms. The van der Waals surface area contributed by atoms with Gasteiger partial charge in [-0.2, -0.15) is 0 Å². The summed E-state index contributed by atoms with van der Waals surface area (Å²) >= 11 is 3.13. The second kappa shape index (κ2) is 4.10. The second-order valence-electron chi connectivity index (χ2n) is 3.32. The maximum Gasteiger partial charge on any atom is 0.230 e. The van der Waals surface area contributed by atoms with E-state index in [0.29, 0.717) is 11.4 Å². The van der Waals surface area contributed by atoms with Crippen molar-refractivity contribution in [3.63, 3.8) is 0 Å². The summed E-state index contributed by atoms with van der Waals surface area (Å²) in [7, 11) is 0. The van der Waals surface area contributed by atoms with Gasteiger partial charge in [0.2, 0.25) is 5.91 Å². The molecule has 0 saturated heterocycles. The number of amides is 1. The van der Waals surface area contributed by atoms with Gasteiger partial charge in [0.1, 0.15) is 0 Å². The van der Waals surface area contributed by atoms with Crippen molar-refractivity contribution in [3.05, 3.63) is 0 Å². The van der Waals surface area contributed by atoms with Gasteiger partial charge in [0, 0.05) is 6.04 Å². The van der Waals surface area contributed by atoms with Gasteiger partial charge in [0.05, 0.1) is 5.33 Å². The Labute approximate surface area is 75.9 Å². The molecule has 2 nitrogen and oxygen atoms in total. The molecule has 11 heavy (non-hydrogen) atoms. The lowest BCUT2D eigenvalue weighted by molar-refractivity contribution is -0.119. The van der Waals surface area contributed by atoms with Gasteiger partial charge in [-0.1, -0.05) is 22.9 Å². The Hall–Kier alpha value is -0.0500. The molecule has 1 rings (SSSR count). The van der Waals surface area contributed by atoms with E-state index in [-0.39, 0.29) is 5.91 Å². The molecule has 1 aliphatic carbocycles. The van der Waals surface area contributed by atoms with Crippen molar-refractivity contribution < 1.29 is 4.79 Å². The van der Waals surface area contributed by atoms with Crippen LogP contribution in [0, 0.1) is 5.92 Å². The van der Waals surface area contributed by atoms with Gasteiger partial charge in [0.25, 0.3) is 0 Å². The molecule has 64 valence electrons. The minimum atomic E-state index is 0.115. The quantitative estimate of drug-likeness (QED) is 0.705. The topological polar surface area (TPSA) is 29.1 Å². The molecule has 0 heterocycles. The zero-order valence-electron chi connectivity index (χ0n) is 6.77. The van der Waals surface area contributed by atoms with E-state index >= 15 is 0 Å². The Morgan fingerprint density at radius 3 is 2.82 bits per heavy atom. The maximum atomic E-state index is 10.9. The standard InChI is InChI=1S/C8H14BrNO/c1-6-2-3-7(4-6)10-8(11)5-9/h6-7H,2-5H2,1H3,(H,10,11). The van der Waals surface area contributed by atoms with Crippen molar-refractivity contribution in [1.82, 2.24) is 5.32 Å². The largest absolute Gasteiger partial charge is 0.353 e. The molecule has 0 aromatic heterocycles. The third kappa shape index (κ3) is 2.81. The minimum Gasteiger partial charge on any atom is -0.353 e. The summed E-state index contributed by atoms with van der Waals surface area (Å²) in [6, 6.07) is 0.440. The Kier molecular flexibility index (Phi) is 3.37. The van der Waals surface area contributed by atoms with Gasteiger partial charge in [-0.05, 0) is 25.2 Å². The van der Waals surface area contributed by atoms with Crippen LogP contribution in [-0.2, 0) is 4.79 Å². The number of hydrogen-bond donors (Lipinski definition) is 1. The number of nitrogens with one attached hydrogen (secondary N) is 1. The molecule has 0 aromatic carbocycles. The molecule has 0 aromatic rings. The van der Waals surface area contributed by atoms with Crippen LogP contribution in [0.1, 0.15) is 26.2 Å². The zero-order valence-corrected chi connectivity index (χ0v) is 8.36. The molecule has 0 spiro atoms.